The van der Waals surface area contributed by atoms with Crippen LogP contribution in [0.15, 0.2) is 91.0 Å². The van der Waals surface area contributed by atoms with Gasteiger partial charge in [-0.3, -0.25) is 18.7 Å². The Morgan fingerprint density at radius 1 is 0.796 bits per heavy atom. The lowest BCUT2D eigenvalue weighted by Gasteiger charge is -2.26. The molecule has 3 amide bonds. The van der Waals surface area contributed by atoms with E-state index in [4.69, 9.17) is 4.74 Å². The smallest absolute Gasteiger partial charge is 0.251 e. The van der Waals surface area contributed by atoms with Crippen LogP contribution in [-0.2, 0) is 32.7 Å². The van der Waals surface area contributed by atoms with Gasteiger partial charge in [0.15, 0.2) is 0 Å². The minimum atomic E-state index is -3.83. The van der Waals surface area contributed by atoms with Crippen LogP contribution >= 0.6 is 0 Å². The highest BCUT2D eigenvalue weighted by atomic mass is 32.2. The molecule has 4 aromatic rings. The number of amides is 3. The number of benzene rings is 4. The van der Waals surface area contributed by atoms with Gasteiger partial charge in [-0.1, -0.05) is 49.4 Å². The first kappa shape index (κ1) is 41.5. The van der Waals surface area contributed by atoms with Gasteiger partial charge in [0.05, 0.1) is 43.3 Å². The van der Waals surface area contributed by atoms with Crippen LogP contribution in [0.1, 0.15) is 63.7 Å². The molecule has 0 aliphatic carbocycles. The van der Waals surface area contributed by atoms with Gasteiger partial charge in [0.25, 0.3) is 11.8 Å². The molecular formula is C39H43F3N4O7S. The second-order valence-corrected chi connectivity index (χ2v) is 15.0. The molecule has 0 heterocycles. The molecule has 0 spiro atoms. The number of aliphatic hydroxyl groups excluding tert-OH is 1. The molecular weight excluding hydrogens is 726 g/mol. The van der Waals surface area contributed by atoms with Crippen molar-refractivity contribution >= 4 is 33.4 Å². The van der Waals surface area contributed by atoms with Crippen LogP contribution in [0.5, 0.6) is 0 Å². The first-order chi connectivity index (χ1) is 25.5. The number of nitrogens with one attached hydrogen (secondary N) is 3. The van der Waals surface area contributed by atoms with E-state index in [0.29, 0.717) is 11.6 Å². The molecule has 0 bridgehead atoms. The maximum atomic E-state index is 13.8. The minimum absolute atomic E-state index is 0.00981. The third kappa shape index (κ3) is 12.1. The number of rotatable bonds is 17. The van der Waals surface area contributed by atoms with Crippen molar-refractivity contribution in [2.24, 2.45) is 5.92 Å². The molecule has 4 atom stereocenters. The number of hydrogen-bond donors (Lipinski definition) is 4. The number of aliphatic hydroxyl groups is 1. The maximum absolute atomic E-state index is 13.8. The Labute approximate surface area is 312 Å². The van der Waals surface area contributed by atoms with Crippen molar-refractivity contribution in [3.63, 3.8) is 0 Å². The van der Waals surface area contributed by atoms with Crippen LogP contribution in [0, 0.1) is 23.4 Å². The molecule has 0 unspecified atom stereocenters. The SMILES string of the molecule is C[C@H](C[C@H](O)[C@H](COCc1cc(F)cc(F)c1)NC(=O)c1cc(C(=O)N[C@H](C)c2ccccc2)cc(N(C)S(C)(=O)=O)c1)C(=O)NCc1ccc(F)cc1. The van der Waals surface area contributed by atoms with Crippen molar-refractivity contribution in [2.75, 3.05) is 24.2 Å². The topological polar surface area (TPSA) is 154 Å². The second kappa shape index (κ2) is 18.7. The molecule has 15 heteroatoms. The van der Waals surface area contributed by atoms with Crippen molar-refractivity contribution in [1.82, 2.24) is 16.0 Å². The van der Waals surface area contributed by atoms with Gasteiger partial charge in [-0.25, -0.2) is 21.6 Å². The summed E-state index contributed by atoms with van der Waals surface area (Å²) < 4.78 is 72.4. The number of halogens is 3. The third-order valence-electron chi connectivity index (χ3n) is 8.64. The molecule has 0 saturated heterocycles. The Hall–Kier alpha value is -5.25. The van der Waals surface area contributed by atoms with Crippen molar-refractivity contribution in [3.8, 4) is 0 Å². The fourth-order valence-electron chi connectivity index (χ4n) is 5.45. The van der Waals surface area contributed by atoms with Gasteiger partial charge in [-0.15, -0.1) is 0 Å². The summed E-state index contributed by atoms with van der Waals surface area (Å²) in [6.45, 7) is 2.76. The van der Waals surface area contributed by atoms with Crippen molar-refractivity contribution in [1.29, 1.82) is 0 Å². The maximum Gasteiger partial charge on any atom is 0.251 e. The highest BCUT2D eigenvalue weighted by molar-refractivity contribution is 7.92. The van der Waals surface area contributed by atoms with Crippen LogP contribution in [0.25, 0.3) is 0 Å². The number of carbonyl (C=O) groups is 3. The standard InChI is InChI=1S/C39H43F3N4O7S/c1-24(37(48)43-21-26-10-12-31(40)13-11-26)14-36(47)35(23-53-22-27-15-32(41)20-33(42)16-27)45-39(50)30-17-29(18-34(19-30)46(3)54(4,51)52)38(49)44-25(2)28-8-6-5-7-9-28/h5-13,15-20,24-25,35-36,47H,14,21-23H2,1-4H3,(H,43,48)(H,44,49)(H,45,50)/t24-,25-,35+,36+/m1/s1. The van der Waals surface area contributed by atoms with Gasteiger partial charge < -0.3 is 25.8 Å². The van der Waals surface area contributed by atoms with E-state index in [1.165, 1.54) is 49.5 Å². The molecule has 4 N–H and O–H groups in total. The van der Waals surface area contributed by atoms with E-state index in [-0.39, 0.29) is 48.6 Å². The zero-order valence-corrected chi connectivity index (χ0v) is 31.0. The molecule has 0 radical (unpaired) electrons. The second-order valence-electron chi connectivity index (χ2n) is 13.0. The Morgan fingerprint density at radius 2 is 1.39 bits per heavy atom. The lowest BCUT2D eigenvalue weighted by atomic mass is 9.97. The lowest BCUT2D eigenvalue weighted by Crippen LogP contribution is -2.48. The summed E-state index contributed by atoms with van der Waals surface area (Å²) in [4.78, 5) is 40.2. The number of carbonyl (C=O) groups excluding carboxylic acids is 3. The Bertz CT molecular complexity index is 2020. The number of hydrogen-bond acceptors (Lipinski definition) is 7. The van der Waals surface area contributed by atoms with Crippen LogP contribution in [-0.4, -0.2) is 63.3 Å². The molecule has 4 rings (SSSR count). The minimum Gasteiger partial charge on any atom is -0.391 e. The van der Waals surface area contributed by atoms with E-state index in [1.54, 1.807) is 13.8 Å². The van der Waals surface area contributed by atoms with Crippen LogP contribution in [0.4, 0.5) is 18.9 Å². The molecule has 0 aromatic heterocycles. The third-order valence-corrected chi connectivity index (χ3v) is 9.85. The van der Waals surface area contributed by atoms with Gasteiger partial charge in [0, 0.05) is 36.7 Å². The number of nitrogens with zero attached hydrogens (tertiary/aromatic N) is 1. The van der Waals surface area contributed by atoms with E-state index in [1.807, 2.05) is 30.3 Å². The Kier molecular flexibility index (Phi) is 14.4. The predicted molar refractivity (Wildman–Crippen MR) is 197 cm³/mol. The quantitative estimate of drug-likeness (QED) is 0.118. The van der Waals surface area contributed by atoms with Crippen molar-refractivity contribution < 1.29 is 45.8 Å². The molecule has 0 aliphatic rings. The molecule has 11 nitrogen and oxygen atoms in total. The highest BCUT2D eigenvalue weighted by Gasteiger charge is 2.28. The van der Waals surface area contributed by atoms with Gasteiger partial charge >= 0.3 is 0 Å². The summed E-state index contributed by atoms with van der Waals surface area (Å²) in [5, 5.41) is 19.6. The summed E-state index contributed by atoms with van der Waals surface area (Å²) >= 11 is 0. The van der Waals surface area contributed by atoms with Crippen LogP contribution in [0.3, 0.4) is 0 Å². The van der Waals surface area contributed by atoms with Crippen molar-refractivity contribution in [3.05, 3.63) is 136 Å². The summed E-state index contributed by atoms with van der Waals surface area (Å²) in [6, 6.07) is 19.7. The van der Waals surface area contributed by atoms with E-state index >= 15 is 0 Å². The summed E-state index contributed by atoms with van der Waals surface area (Å²) in [6.07, 6.45) is -0.608. The van der Waals surface area contributed by atoms with Gasteiger partial charge in [-0.2, -0.15) is 0 Å². The number of anilines is 1. The van der Waals surface area contributed by atoms with E-state index in [0.717, 1.165) is 28.3 Å². The molecule has 0 saturated carbocycles. The molecule has 0 fully saturated rings. The molecule has 54 heavy (non-hydrogen) atoms. The first-order valence-electron chi connectivity index (χ1n) is 17.0. The number of ether oxygens (including phenoxy) is 1. The average molecular weight is 769 g/mol. The summed E-state index contributed by atoms with van der Waals surface area (Å²) in [5.41, 5.74) is 1.47. The van der Waals surface area contributed by atoms with Crippen LogP contribution < -0.4 is 20.3 Å². The van der Waals surface area contributed by atoms with E-state index in [2.05, 4.69) is 16.0 Å². The zero-order valence-electron chi connectivity index (χ0n) is 30.2. The first-order valence-corrected chi connectivity index (χ1v) is 18.8. The van der Waals surface area contributed by atoms with Gasteiger partial charge in [-0.05, 0) is 72.5 Å². The lowest BCUT2D eigenvalue weighted by molar-refractivity contribution is -0.125. The largest absolute Gasteiger partial charge is 0.391 e. The fourth-order valence-corrected chi connectivity index (χ4v) is 5.94. The molecule has 288 valence electrons. The van der Waals surface area contributed by atoms with Gasteiger partial charge in [0.2, 0.25) is 15.9 Å². The monoisotopic (exact) mass is 768 g/mol. The van der Waals surface area contributed by atoms with Gasteiger partial charge in [0.1, 0.15) is 17.5 Å². The predicted octanol–water partition coefficient (Wildman–Crippen LogP) is 5.01. The average Bonchev–Trinajstić information content (AvgIpc) is 3.12. The summed E-state index contributed by atoms with van der Waals surface area (Å²) in [7, 11) is -2.57. The van der Waals surface area contributed by atoms with Crippen molar-refractivity contribution in [2.45, 2.75) is 51.6 Å². The van der Waals surface area contributed by atoms with Crippen LogP contribution in [0.2, 0.25) is 0 Å². The molecule has 0 aliphatic heterocycles. The van der Waals surface area contributed by atoms with E-state index < -0.39 is 69.3 Å². The Balaban J connectivity index is 1.56. The zero-order chi connectivity index (χ0) is 39.6. The fraction of sp³-hybridized carbons (Fsp3) is 0.308. The van der Waals surface area contributed by atoms with E-state index in [9.17, 15) is 41.1 Å². The number of sulfonamides is 1. The Morgan fingerprint density at radius 3 is 1.98 bits per heavy atom. The summed E-state index contributed by atoms with van der Waals surface area (Å²) in [5.74, 6) is -4.70. The molecule has 4 aromatic carbocycles. The normalized spacial score (nSPS) is 13.6. The highest BCUT2D eigenvalue weighted by Crippen LogP contribution is 2.23.